The molecule has 0 fully saturated rings. The van der Waals surface area contributed by atoms with Gasteiger partial charge in [0.25, 0.3) is 0 Å². The number of carbonyl (C=O) groups excluding carboxylic acids is 1. The van der Waals surface area contributed by atoms with Crippen molar-refractivity contribution < 1.29 is 15.0 Å². The second-order valence-corrected chi connectivity index (χ2v) is 20.0. The maximum atomic E-state index is 12.5. The quantitative estimate of drug-likeness (QED) is 0.0420. The second-order valence-electron chi connectivity index (χ2n) is 20.0. The predicted octanol–water partition coefficient (Wildman–Crippen LogP) is 20.9. The highest BCUT2D eigenvalue weighted by molar-refractivity contribution is 5.76. The van der Waals surface area contributed by atoms with E-state index >= 15 is 0 Å². The summed E-state index contributed by atoms with van der Waals surface area (Å²) in [6, 6.07) is -0.659. The lowest BCUT2D eigenvalue weighted by Gasteiger charge is -2.19. The van der Waals surface area contributed by atoms with Crippen molar-refractivity contribution in [1.29, 1.82) is 0 Å². The molecule has 0 heterocycles. The van der Waals surface area contributed by atoms with E-state index in [1.54, 1.807) is 6.08 Å². The van der Waals surface area contributed by atoms with Crippen molar-refractivity contribution in [3.05, 3.63) is 158 Å². The van der Waals surface area contributed by atoms with E-state index in [2.05, 4.69) is 165 Å². The Bertz CT molecular complexity index is 1580. The molecule has 0 aromatic carbocycles. The van der Waals surface area contributed by atoms with Crippen LogP contribution in [0.1, 0.15) is 258 Å². The Kier molecular flexibility index (Phi) is 59.9. The summed E-state index contributed by atoms with van der Waals surface area (Å²) in [7, 11) is 0. The molecule has 0 radical (unpaired) electrons. The van der Waals surface area contributed by atoms with Gasteiger partial charge in [0, 0.05) is 6.42 Å². The van der Waals surface area contributed by atoms with Gasteiger partial charge in [-0.05, 0) is 109 Å². The molecule has 0 aliphatic heterocycles. The van der Waals surface area contributed by atoms with Gasteiger partial charge in [0.05, 0.1) is 18.8 Å². The third-order valence-corrected chi connectivity index (χ3v) is 13.0. The molecule has 0 saturated heterocycles. The van der Waals surface area contributed by atoms with Crippen LogP contribution >= 0.6 is 0 Å². The van der Waals surface area contributed by atoms with E-state index in [1.807, 2.05) is 6.08 Å². The van der Waals surface area contributed by atoms with Gasteiger partial charge >= 0.3 is 0 Å². The Balaban J connectivity index is 3.71. The molecule has 0 rings (SSSR count). The van der Waals surface area contributed by atoms with E-state index in [1.165, 1.54) is 128 Å². The summed E-state index contributed by atoms with van der Waals surface area (Å²) >= 11 is 0. The number of aliphatic hydroxyl groups is 2. The molecule has 0 bridgehead atoms. The van der Waals surface area contributed by atoms with Crippen molar-refractivity contribution >= 4 is 5.91 Å². The molecule has 0 aliphatic carbocycles. The Morgan fingerprint density at radius 1 is 0.338 bits per heavy atom. The highest BCUT2D eigenvalue weighted by Gasteiger charge is 2.17. The summed E-state index contributed by atoms with van der Waals surface area (Å²) in [6.07, 6.45) is 101. The van der Waals surface area contributed by atoms with Gasteiger partial charge in [-0.25, -0.2) is 0 Å². The molecule has 0 aromatic heterocycles. The fourth-order valence-electron chi connectivity index (χ4n) is 8.40. The highest BCUT2D eigenvalue weighted by Crippen LogP contribution is 2.16. The molecule has 0 spiro atoms. The molecule has 2 unspecified atom stereocenters. The number of rotatable bonds is 54. The third-order valence-electron chi connectivity index (χ3n) is 13.0. The van der Waals surface area contributed by atoms with E-state index in [-0.39, 0.29) is 12.5 Å². The second kappa shape index (κ2) is 63.3. The zero-order chi connectivity index (χ0) is 53.4. The number of allylic oxidation sites excluding steroid dienone is 25. The lowest BCUT2D eigenvalue weighted by Crippen LogP contribution is -2.45. The summed E-state index contributed by atoms with van der Waals surface area (Å²) in [5.41, 5.74) is 0. The standard InChI is InChI=1S/C70H115NO3/c1-3-5-7-9-11-13-15-17-19-21-23-25-27-28-29-30-31-32-33-34-35-36-37-38-39-40-41-42-44-46-48-50-52-54-56-58-60-62-64-66-70(74)71-68(67-72)69(73)65-63-61-59-57-55-53-51-49-47-45-43-26-24-22-20-18-16-14-12-10-8-6-4-2/h5,7,11,13,17,19,23,25,28-29,31-32,34-35,37-38,40-41,44,46,50,52,56,58,63,65,68-69,72-73H,3-4,6,8-10,12,14-16,18,20-22,24,26-27,30,33,36,39,42-43,45,47-49,51,53-55,57,59-62,64,66-67H2,1-2H3,(H,71,74)/b7-5-,13-11-,19-17-,25-23-,29-28-,32-31-,35-34-,38-37-,41-40-,46-44-,52-50-,58-56-,65-63+. The summed E-state index contributed by atoms with van der Waals surface area (Å²) in [5.74, 6) is -0.111. The molecule has 1 amide bonds. The predicted molar refractivity (Wildman–Crippen MR) is 331 cm³/mol. The van der Waals surface area contributed by atoms with Crippen LogP contribution in [-0.2, 0) is 4.79 Å². The van der Waals surface area contributed by atoms with Gasteiger partial charge in [-0.15, -0.1) is 0 Å². The van der Waals surface area contributed by atoms with Crippen LogP contribution in [0.5, 0.6) is 0 Å². The van der Waals surface area contributed by atoms with E-state index in [0.29, 0.717) is 6.42 Å². The number of hydrogen-bond acceptors (Lipinski definition) is 3. The first-order valence-corrected chi connectivity index (χ1v) is 30.7. The molecule has 2 atom stereocenters. The van der Waals surface area contributed by atoms with E-state index in [9.17, 15) is 15.0 Å². The monoisotopic (exact) mass is 1020 g/mol. The molecular weight excluding hydrogens is 903 g/mol. The first-order chi connectivity index (χ1) is 36.7. The van der Waals surface area contributed by atoms with Gasteiger partial charge in [0.2, 0.25) is 5.91 Å². The molecule has 74 heavy (non-hydrogen) atoms. The SMILES string of the molecule is CC/C=C\C/C=C\C/C=C\C/C=C\C/C=C\C/C=C\C/C=C\C/C=C\C/C=C\C/C=C\C/C=C\C/C=C\CCCCC(=O)NC(CO)C(O)/C=C/CCCCCCCCCCCCCCCCCCCCCCC. The fraction of sp³-hybridized carbons (Fsp3) is 0.614. The topological polar surface area (TPSA) is 69.6 Å². The molecule has 4 heteroatoms. The van der Waals surface area contributed by atoms with Crippen molar-refractivity contribution in [2.24, 2.45) is 0 Å². The van der Waals surface area contributed by atoms with Crippen molar-refractivity contribution in [2.75, 3.05) is 6.61 Å². The lowest BCUT2D eigenvalue weighted by molar-refractivity contribution is -0.123. The van der Waals surface area contributed by atoms with Crippen LogP contribution in [0, 0.1) is 0 Å². The van der Waals surface area contributed by atoms with Gasteiger partial charge in [-0.2, -0.15) is 0 Å². The van der Waals surface area contributed by atoms with Crippen molar-refractivity contribution in [3.63, 3.8) is 0 Å². The zero-order valence-electron chi connectivity index (χ0n) is 48.0. The first-order valence-electron chi connectivity index (χ1n) is 30.7. The minimum absolute atomic E-state index is 0.111. The minimum atomic E-state index is -0.870. The Labute approximate surface area is 458 Å². The average Bonchev–Trinajstić information content (AvgIpc) is 3.40. The van der Waals surface area contributed by atoms with Crippen LogP contribution in [0.3, 0.4) is 0 Å². The summed E-state index contributed by atoms with van der Waals surface area (Å²) < 4.78 is 0. The highest BCUT2D eigenvalue weighted by atomic mass is 16.3. The summed E-state index contributed by atoms with van der Waals surface area (Å²) in [6.45, 7) is 4.18. The van der Waals surface area contributed by atoms with Crippen LogP contribution in [0.15, 0.2) is 158 Å². The number of carbonyl (C=O) groups is 1. The average molecular weight is 1020 g/mol. The number of hydrogen-bond donors (Lipinski definition) is 3. The van der Waals surface area contributed by atoms with Crippen LogP contribution in [0.25, 0.3) is 0 Å². The maximum absolute atomic E-state index is 12.5. The molecule has 418 valence electrons. The van der Waals surface area contributed by atoms with Crippen LogP contribution in [-0.4, -0.2) is 34.9 Å². The van der Waals surface area contributed by atoms with Gasteiger partial charge in [0.15, 0.2) is 0 Å². The number of unbranched alkanes of at least 4 members (excludes halogenated alkanes) is 23. The molecule has 0 aromatic rings. The van der Waals surface area contributed by atoms with Gasteiger partial charge in [0.1, 0.15) is 0 Å². The van der Waals surface area contributed by atoms with Gasteiger partial charge in [-0.3, -0.25) is 4.79 Å². The maximum Gasteiger partial charge on any atom is 0.220 e. The fourth-order valence-corrected chi connectivity index (χ4v) is 8.40. The molecule has 0 aliphatic rings. The van der Waals surface area contributed by atoms with E-state index in [0.717, 1.165) is 109 Å². The number of aliphatic hydroxyl groups excluding tert-OH is 2. The smallest absolute Gasteiger partial charge is 0.220 e. The Morgan fingerprint density at radius 3 is 0.892 bits per heavy atom. The molecule has 4 nitrogen and oxygen atoms in total. The Hall–Kier alpha value is -3.99. The summed E-state index contributed by atoms with van der Waals surface area (Å²) in [5, 5.41) is 23.2. The van der Waals surface area contributed by atoms with Crippen LogP contribution in [0.2, 0.25) is 0 Å². The van der Waals surface area contributed by atoms with Gasteiger partial charge in [-0.1, -0.05) is 300 Å². The number of nitrogens with one attached hydrogen (secondary N) is 1. The van der Waals surface area contributed by atoms with E-state index < -0.39 is 12.1 Å². The molecule has 3 N–H and O–H groups in total. The molecule has 0 saturated carbocycles. The Morgan fingerprint density at radius 2 is 0.595 bits per heavy atom. The first kappa shape index (κ1) is 70.0. The summed E-state index contributed by atoms with van der Waals surface area (Å²) in [4.78, 5) is 12.5. The van der Waals surface area contributed by atoms with Crippen LogP contribution in [0.4, 0.5) is 0 Å². The van der Waals surface area contributed by atoms with Crippen LogP contribution < -0.4 is 5.32 Å². The molecular formula is C70H115NO3. The van der Waals surface area contributed by atoms with E-state index in [4.69, 9.17) is 0 Å². The number of amides is 1. The van der Waals surface area contributed by atoms with Crippen molar-refractivity contribution in [1.82, 2.24) is 5.32 Å². The van der Waals surface area contributed by atoms with Crippen molar-refractivity contribution in [2.45, 2.75) is 270 Å². The third kappa shape index (κ3) is 58.9. The normalized spacial score (nSPS) is 13.9. The van der Waals surface area contributed by atoms with Gasteiger partial charge < -0.3 is 15.5 Å². The largest absolute Gasteiger partial charge is 0.394 e. The lowest BCUT2D eigenvalue weighted by atomic mass is 10.0. The minimum Gasteiger partial charge on any atom is -0.394 e. The van der Waals surface area contributed by atoms with Crippen molar-refractivity contribution in [3.8, 4) is 0 Å². The zero-order valence-corrected chi connectivity index (χ0v) is 48.0.